The molecule has 1 heterocycles. The van der Waals surface area contributed by atoms with Crippen LogP contribution in [0.5, 0.6) is 0 Å². The zero-order valence-electron chi connectivity index (χ0n) is 11.4. The molecule has 0 saturated heterocycles. The van der Waals surface area contributed by atoms with Gasteiger partial charge in [0.2, 0.25) is 0 Å². The first-order valence-electron chi connectivity index (χ1n) is 6.51. The van der Waals surface area contributed by atoms with E-state index in [-0.39, 0.29) is 0 Å². The maximum absolute atomic E-state index is 9.55. The van der Waals surface area contributed by atoms with E-state index in [9.17, 15) is 5.11 Å². The Bertz CT molecular complexity index is 471. The second-order valence-electron chi connectivity index (χ2n) is 4.88. The molecule has 0 bridgehead atoms. The van der Waals surface area contributed by atoms with Crippen LogP contribution in [0.25, 0.3) is 0 Å². The van der Waals surface area contributed by atoms with Crippen molar-refractivity contribution in [2.75, 3.05) is 31.7 Å². The summed E-state index contributed by atoms with van der Waals surface area (Å²) in [5.74, 6) is 0. The fourth-order valence-corrected chi connectivity index (χ4v) is 2.59. The molecule has 1 N–H and O–H groups in total. The molecule has 0 amide bonds. The normalized spacial score (nSPS) is 17.3. The topological polar surface area (TPSA) is 32.7 Å². The van der Waals surface area contributed by atoms with Gasteiger partial charge in [0, 0.05) is 20.2 Å². The van der Waals surface area contributed by atoms with Crippen molar-refractivity contribution in [1.29, 1.82) is 0 Å². The van der Waals surface area contributed by atoms with Crippen molar-refractivity contribution in [3.05, 3.63) is 40.4 Å². The van der Waals surface area contributed by atoms with Crippen LogP contribution >= 0.6 is 11.6 Å². The minimum Gasteiger partial charge on any atom is -0.389 e. The summed E-state index contributed by atoms with van der Waals surface area (Å²) in [7, 11) is 1.72. The van der Waals surface area contributed by atoms with Crippen LogP contribution < -0.4 is 4.90 Å². The van der Waals surface area contributed by atoms with Crippen LogP contribution in [0.15, 0.2) is 29.8 Å². The highest BCUT2D eigenvalue weighted by Crippen LogP contribution is 2.30. The Kier molecular flexibility index (Phi) is 4.86. The number of aliphatic hydroxyl groups is 1. The van der Waals surface area contributed by atoms with Crippen molar-refractivity contribution in [3.63, 3.8) is 0 Å². The van der Waals surface area contributed by atoms with E-state index < -0.39 is 6.10 Å². The SMILES string of the molecule is COCC1=CCN(c2ccc(C(C)O)cc2Cl)CC1. The maximum atomic E-state index is 9.55. The summed E-state index contributed by atoms with van der Waals surface area (Å²) in [6, 6.07) is 5.76. The zero-order valence-corrected chi connectivity index (χ0v) is 12.2. The minimum absolute atomic E-state index is 0.485. The predicted octanol–water partition coefficient (Wildman–Crippen LogP) is 3.18. The first kappa shape index (κ1) is 14.4. The fourth-order valence-electron chi connectivity index (χ4n) is 2.29. The van der Waals surface area contributed by atoms with E-state index in [4.69, 9.17) is 16.3 Å². The molecule has 3 nitrogen and oxygen atoms in total. The number of rotatable bonds is 4. The average molecular weight is 282 g/mol. The first-order valence-corrected chi connectivity index (χ1v) is 6.89. The van der Waals surface area contributed by atoms with Crippen LogP contribution in [0.1, 0.15) is 25.0 Å². The van der Waals surface area contributed by atoms with Crippen LogP contribution in [0.3, 0.4) is 0 Å². The monoisotopic (exact) mass is 281 g/mol. The van der Waals surface area contributed by atoms with Gasteiger partial charge in [-0.25, -0.2) is 0 Å². The molecule has 104 valence electrons. The molecular formula is C15H20ClNO2. The van der Waals surface area contributed by atoms with Crippen molar-refractivity contribution >= 4 is 17.3 Å². The average Bonchev–Trinajstić information content (AvgIpc) is 2.40. The van der Waals surface area contributed by atoms with Crippen molar-refractivity contribution in [2.45, 2.75) is 19.4 Å². The quantitative estimate of drug-likeness (QED) is 0.861. The van der Waals surface area contributed by atoms with E-state index in [1.165, 1.54) is 5.57 Å². The molecule has 0 spiro atoms. The summed E-state index contributed by atoms with van der Waals surface area (Å²) in [5.41, 5.74) is 3.22. The molecule has 0 radical (unpaired) electrons. The number of ether oxygens (including phenoxy) is 1. The van der Waals surface area contributed by atoms with Gasteiger partial charge < -0.3 is 14.7 Å². The molecular weight excluding hydrogens is 262 g/mol. The molecule has 19 heavy (non-hydrogen) atoms. The lowest BCUT2D eigenvalue weighted by atomic mass is 10.1. The molecule has 4 heteroatoms. The molecule has 0 saturated carbocycles. The molecule has 0 fully saturated rings. The van der Waals surface area contributed by atoms with Gasteiger partial charge in [0.15, 0.2) is 0 Å². The summed E-state index contributed by atoms with van der Waals surface area (Å²) in [4.78, 5) is 2.24. The van der Waals surface area contributed by atoms with Gasteiger partial charge in [-0.05, 0) is 36.6 Å². The summed E-state index contributed by atoms with van der Waals surface area (Å²) in [6.07, 6.45) is 2.72. The van der Waals surface area contributed by atoms with Crippen LogP contribution in [-0.2, 0) is 4.74 Å². The van der Waals surface area contributed by atoms with E-state index in [2.05, 4.69) is 11.0 Å². The second-order valence-corrected chi connectivity index (χ2v) is 5.29. The molecule has 0 aromatic heterocycles. The first-order chi connectivity index (χ1) is 9.11. The predicted molar refractivity (Wildman–Crippen MR) is 78.9 cm³/mol. The summed E-state index contributed by atoms with van der Waals surface area (Å²) >= 11 is 6.31. The lowest BCUT2D eigenvalue weighted by Gasteiger charge is -2.29. The largest absolute Gasteiger partial charge is 0.389 e. The Morgan fingerprint density at radius 2 is 2.26 bits per heavy atom. The van der Waals surface area contributed by atoms with Crippen molar-refractivity contribution in [3.8, 4) is 0 Å². The molecule has 0 aliphatic carbocycles. The minimum atomic E-state index is -0.485. The molecule has 1 unspecified atom stereocenters. The van der Waals surface area contributed by atoms with Gasteiger partial charge >= 0.3 is 0 Å². The molecule has 1 aliphatic heterocycles. The van der Waals surface area contributed by atoms with Gasteiger partial charge in [-0.2, -0.15) is 0 Å². The van der Waals surface area contributed by atoms with Crippen molar-refractivity contribution < 1.29 is 9.84 Å². The van der Waals surface area contributed by atoms with E-state index in [0.717, 1.165) is 30.8 Å². The fraction of sp³-hybridized carbons (Fsp3) is 0.467. The van der Waals surface area contributed by atoms with Crippen LogP contribution in [0.4, 0.5) is 5.69 Å². The molecule has 1 atom stereocenters. The zero-order chi connectivity index (χ0) is 13.8. The van der Waals surface area contributed by atoms with Crippen molar-refractivity contribution in [1.82, 2.24) is 0 Å². The number of hydrogen-bond donors (Lipinski definition) is 1. The highest BCUT2D eigenvalue weighted by atomic mass is 35.5. The third-order valence-electron chi connectivity index (χ3n) is 3.43. The second kappa shape index (κ2) is 6.42. The molecule has 1 aromatic rings. The van der Waals surface area contributed by atoms with Crippen LogP contribution in [0.2, 0.25) is 5.02 Å². The van der Waals surface area contributed by atoms with E-state index >= 15 is 0 Å². The number of benzene rings is 1. The number of anilines is 1. The number of nitrogens with zero attached hydrogens (tertiary/aromatic N) is 1. The molecule has 2 rings (SSSR count). The van der Waals surface area contributed by atoms with Gasteiger partial charge in [-0.15, -0.1) is 0 Å². The molecule has 1 aromatic carbocycles. The lowest BCUT2D eigenvalue weighted by Crippen LogP contribution is -2.29. The number of methoxy groups -OCH3 is 1. The Hall–Kier alpha value is -1.03. The van der Waals surface area contributed by atoms with E-state index in [1.54, 1.807) is 14.0 Å². The highest BCUT2D eigenvalue weighted by molar-refractivity contribution is 6.33. The van der Waals surface area contributed by atoms with Gasteiger partial charge in [0.25, 0.3) is 0 Å². The maximum Gasteiger partial charge on any atom is 0.0762 e. The van der Waals surface area contributed by atoms with Crippen LogP contribution in [-0.4, -0.2) is 31.9 Å². The standard InChI is InChI=1S/C15H20ClNO2/c1-11(18)13-3-4-15(14(16)9-13)17-7-5-12(6-8-17)10-19-2/h3-5,9,11,18H,6-8,10H2,1-2H3. The van der Waals surface area contributed by atoms with E-state index in [0.29, 0.717) is 11.6 Å². The third-order valence-corrected chi connectivity index (χ3v) is 3.73. The van der Waals surface area contributed by atoms with Gasteiger partial charge in [-0.3, -0.25) is 0 Å². The van der Waals surface area contributed by atoms with Crippen molar-refractivity contribution in [2.24, 2.45) is 0 Å². The third kappa shape index (κ3) is 3.50. The van der Waals surface area contributed by atoms with Gasteiger partial charge in [0.05, 0.1) is 23.4 Å². The molecule has 1 aliphatic rings. The number of hydrogen-bond acceptors (Lipinski definition) is 3. The number of aliphatic hydroxyl groups excluding tert-OH is 1. The van der Waals surface area contributed by atoms with Crippen LogP contribution in [0, 0.1) is 0 Å². The van der Waals surface area contributed by atoms with E-state index in [1.807, 2.05) is 18.2 Å². The Balaban J connectivity index is 2.11. The summed E-state index contributed by atoms with van der Waals surface area (Å²) < 4.78 is 5.15. The lowest BCUT2D eigenvalue weighted by molar-refractivity contribution is 0.199. The van der Waals surface area contributed by atoms with Gasteiger partial charge in [-0.1, -0.05) is 23.7 Å². The highest BCUT2D eigenvalue weighted by Gasteiger charge is 2.15. The Morgan fingerprint density at radius 1 is 1.47 bits per heavy atom. The Morgan fingerprint density at radius 3 is 2.79 bits per heavy atom. The number of halogens is 1. The summed E-state index contributed by atoms with van der Waals surface area (Å²) in [5, 5.41) is 10.2. The smallest absolute Gasteiger partial charge is 0.0762 e. The Labute approximate surface area is 119 Å². The summed E-state index contributed by atoms with van der Waals surface area (Å²) in [6.45, 7) is 4.25. The van der Waals surface area contributed by atoms with Gasteiger partial charge in [0.1, 0.15) is 0 Å².